The number of nitro benzene ring substituents is 1. The lowest BCUT2D eigenvalue weighted by Gasteiger charge is -2.34. The summed E-state index contributed by atoms with van der Waals surface area (Å²) in [5.41, 5.74) is 0.0226. The second kappa shape index (κ2) is 9.78. The Morgan fingerprint density at radius 3 is 2.62 bits per heavy atom. The molecule has 1 N–H and O–H groups in total. The third kappa shape index (κ3) is 5.38. The molecular formula is C19H24N6O4. The molecule has 0 radical (unpaired) electrons. The molecule has 1 fully saturated rings. The first-order valence-electron chi connectivity index (χ1n) is 9.43. The Bertz CT molecular complexity index is 840. The number of carbonyl (C=O) groups is 1. The zero-order chi connectivity index (χ0) is 20.6. The van der Waals surface area contributed by atoms with Gasteiger partial charge in [-0.25, -0.2) is 9.97 Å². The molecule has 0 atom stereocenters. The average Bonchev–Trinajstić information content (AvgIpc) is 2.77. The summed E-state index contributed by atoms with van der Waals surface area (Å²) in [4.78, 5) is 35.9. The second-order valence-corrected chi connectivity index (χ2v) is 6.63. The van der Waals surface area contributed by atoms with Crippen molar-refractivity contribution in [3.05, 3.63) is 52.3 Å². The van der Waals surface area contributed by atoms with Gasteiger partial charge >= 0.3 is 0 Å². The average molecular weight is 400 g/mol. The first-order valence-corrected chi connectivity index (χ1v) is 9.43. The number of piperazine rings is 1. The van der Waals surface area contributed by atoms with Gasteiger partial charge in [-0.1, -0.05) is 0 Å². The molecule has 0 saturated carbocycles. The Kier molecular flexibility index (Phi) is 6.90. The Hall–Kier alpha value is -3.27. The number of hydrogen-bond donors (Lipinski definition) is 1. The predicted molar refractivity (Wildman–Crippen MR) is 107 cm³/mol. The minimum absolute atomic E-state index is 0.142. The number of ether oxygens (including phenoxy) is 1. The Morgan fingerprint density at radius 1 is 1.24 bits per heavy atom. The van der Waals surface area contributed by atoms with Gasteiger partial charge in [0.2, 0.25) is 5.95 Å². The molecule has 2 aromatic rings. The zero-order valence-electron chi connectivity index (χ0n) is 16.3. The second-order valence-electron chi connectivity index (χ2n) is 6.63. The highest BCUT2D eigenvalue weighted by atomic mass is 16.6. The quantitative estimate of drug-likeness (QED) is 0.401. The number of aromatic nitrogens is 2. The van der Waals surface area contributed by atoms with Crippen molar-refractivity contribution in [2.45, 2.75) is 6.42 Å². The van der Waals surface area contributed by atoms with E-state index in [0.717, 1.165) is 45.1 Å². The number of anilines is 1. The normalized spacial score (nSPS) is 14.4. The molecule has 0 spiro atoms. The van der Waals surface area contributed by atoms with Crippen molar-refractivity contribution in [3.8, 4) is 5.75 Å². The molecule has 1 amide bonds. The highest BCUT2D eigenvalue weighted by Gasteiger charge is 2.19. The minimum Gasteiger partial charge on any atom is -0.496 e. The van der Waals surface area contributed by atoms with Crippen LogP contribution in [0.3, 0.4) is 0 Å². The largest absolute Gasteiger partial charge is 0.496 e. The number of nitrogens with zero attached hydrogens (tertiary/aromatic N) is 5. The molecule has 2 heterocycles. The number of amides is 1. The maximum Gasteiger partial charge on any atom is 0.270 e. The number of carbonyl (C=O) groups excluding carboxylic acids is 1. The fourth-order valence-electron chi connectivity index (χ4n) is 3.21. The minimum atomic E-state index is -0.531. The van der Waals surface area contributed by atoms with Gasteiger partial charge in [-0.05, 0) is 25.1 Å². The Balaban J connectivity index is 1.42. The summed E-state index contributed by atoms with van der Waals surface area (Å²) in [6.45, 7) is 4.88. The van der Waals surface area contributed by atoms with E-state index in [0.29, 0.717) is 12.3 Å². The molecular weight excluding hydrogens is 376 g/mol. The predicted octanol–water partition coefficient (Wildman–Crippen LogP) is 1.34. The van der Waals surface area contributed by atoms with Crippen molar-refractivity contribution in [1.29, 1.82) is 0 Å². The fourth-order valence-corrected chi connectivity index (χ4v) is 3.21. The maximum atomic E-state index is 12.4. The SMILES string of the molecule is COc1ccc([N+](=O)[O-])cc1C(=O)NCCCN1CCN(c2ncccn2)CC1. The van der Waals surface area contributed by atoms with Crippen LogP contribution in [0.4, 0.5) is 11.6 Å². The first kappa shape index (κ1) is 20.5. The van der Waals surface area contributed by atoms with E-state index in [-0.39, 0.29) is 17.2 Å². The van der Waals surface area contributed by atoms with Gasteiger partial charge < -0.3 is 15.0 Å². The fraction of sp³-hybridized carbons (Fsp3) is 0.421. The summed E-state index contributed by atoms with van der Waals surface area (Å²) in [5, 5.41) is 13.8. The first-order chi connectivity index (χ1) is 14.1. The topological polar surface area (TPSA) is 114 Å². The monoisotopic (exact) mass is 400 g/mol. The van der Waals surface area contributed by atoms with Crippen LogP contribution in [0, 0.1) is 10.1 Å². The van der Waals surface area contributed by atoms with E-state index in [1.165, 1.54) is 25.3 Å². The molecule has 0 aliphatic carbocycles. The van der Waals surface area contributed by atoms with Gasteiger partial charge in [-0.2, -0.15) is 0 Å². The number of rotatable bonds is 8. The molecule has 1 aliphatic rings. The highest BCUT2D eigenvalue weighted by Crippen LogP contribution is 2.23. The molecule has 1 aliphatic heterocycles. The van der Waals surface area contributed by atoms with E-state index >= 15 is 0 Å². The van der Waals surface area contributed by atoms with E-state index in [2.05, 4.69) is 25.1 Å². The molecule has 10 nitrogen and oxygen atoms in total. The number of benzene rings is 1. The zero-order valence-corrected chi connectivity index (χ0v) is 16.3. The van der Waals surface area contributed by atoms with Crippen molar-refractivity contribution < 1.29 is 14.5 Å². The summed E-state index contributed by atoms with van der Waals surface area (Å²) >= 11 is 0. The summed E-state index contributed by atoms with van der Waals surface area (Å²) in [7, 11) is 1.43. The van der Waals surface area contributed by atoms with Crippen LogP contribution in [0.2, 0.25) is 0 Å². The molecule has 1 aromatic heterocycles. The third-order valence-corrected chi connectivity index (χ3v) is 4.78. The summed E-state index contributed by atoms with van der Waals surface area (Å²) < 4.78 is 5.14. The summed E-state index contributed by atoms with van der Waals surface area (Å²) in [6.07, 6.45) is 4.27. The lowest BCUT2D eigenvalue weighted by atomic mass is 10.1. The van der Waals surface area contributed by atoms with Crippen molar-refractivity contribution in [1.82, 2.24) is 20.2 Å². The van der Waals surface area contributed by atoms with E-state index in [9.17, 15) is 14.9 Å². The van der Waals surface area contributed by atoms with Crippen LogP contribution in [-0.4, -0.2) is 72.1 Å². The van der Waals surface area contributed by atoms with Gasteiger partial charge in [0.15, 0.2) is 0 Å². The smallest absolute Gasteiger partial charge is 0.270 e. The van der Waals surface area contributed by atoms with Crippen LogP contribution in [0.25, 0.3) is 0 Å². The van der Waals surface area contributed by atoms with Crippen LogP contribution in [-0.2, 0) is 0 Å². The standard InChI is InChI=1S/C19H24N6O4/c1-29-17-5-4-15(25(27)28)14-16(17)18(26)20-8-3-9-23-10-12-24(13-11-23)19-21-6-2-7-22-19/h2,4-7,14H,3,8-13H2,1H3,(H,20,26). The number of hydrogen-bond acceptors (Lipinski definition) is 8. The van der Waals surface area contributed by atoms with Crippen molar-refractivity contribution in [3.63, 3.8) is 0 Å². The van der Waals surface area contributed by atoms with Crippen LogP contribution in [0.5, 0.6) is 5.75 Å². The van der Waals surface area contributed by atoms with Crippen LogP contribution in [0.1, 0.15) is 16.8 Å². The van der Waals surface area contributed by atoms with Crippen LogP contribution >= 0.6 is 0 Å². The van der Waals surface area contributed by atoms with Gasteiger partial charge in [0.25, 0.3) is 11.6 Å². The number of non-ortho nitro benzene ring substituents is 1. The molecule has 3 rings (SSSR count). The Labute approximate surface area is 168 Å². The molecule has 1 saturated heterocycles. The van der Waals surface area contributed by atoms with Crippen molar-refractivity contribution in [2.75, 3.05) is 51.3 Å². The van der Waals surface area contributed by atoms with E-state index in [1.54, 1.807) is 18.5 Å². The lowest BCUT2D eigenvalue weighted by molar-refractivity contribution is -0.384. The lowest BCUT2D eigenvalue weighted by Crippen LogP contribution is -2.47. The number of nitro groups is 1. The highest BCUT2D eigenvalue weighted by molar-refractivity contribution is 5.97. The molecule has 0 unspecified atom stereocenters. The summed E-state index contributed by atoms with van der Waals surface area (Å²) in [5.74, 6) is 0.689. The van der Waals surface area contributed by atoms with Gasteiger partial charge in [-0.15, -0.1) is 0 Å². The number of nitrogens with one attached hydrogen (secondary N) is 1. The van der Waals surface area contributed by atoms with Gasteiger partial charge in [-0.3, -0.25) is 19.8 Å². The van der Waals surface area contributed by atoms with Gasteiger partial charge in [0, 0.05) is 57.3 Å². The van der Waals surface area contributed by atoms with Crippen molar-refractivity contribution in [2.24, 2.45) is 0 Å². The molecule has 1 aromatic carbocycles. The van der Waals surface area contributed by atoms with Crippen LogP contribution in [0.15, 0.2) is 36.7 Å². The molecule has 10 heteroatoms. The maximum absolute atomic E-state index is 12.4. The third-order valence-electron chi connectivity index (χ3n) is 4.78. The Morgan fingerprint density at radius 2 is 1.97 bits per heavy atom. The van der Waals surface area contributed by atoms with E-state index in [4.69, 9.17) is 4.74 Å². The molecule has 154 valence electrons. The van der Waals surface area contributed by atoms with Crippen molar-refractivity contribution >= 4 is 17.5 Å². The van der Waals surface area contributed by atoms with E-state index in [1.807, 2.05) is 0 Å². The molecule has 0 bridgehead atoms. The van der Waals surface area contributed by atoms with Gasteiger partial charge in [0.05, 0.1) is 17.6 Å². The summed E-state index contributed by atoms with van der Waals surface area (Å²) in [6, 6.07) is 5.79. The molecule has 29 heavy (non-hydrogen) atoms. The van der Waals surface area contributed by atoms with E-state index < -0.39 is 4.92 Å². The van der Waals surface area contributed by atoms with Crippen LogP contribution < -0.4 is 15.0 Å². The van der Waals surface area contributed by atoms with Gasteiger partial charge in [0.1, 0.15) is 5.75 Å². The number of methoxy groups -OCH3 is 1.